The van der Waals surface area contributed by atoms with E-state index in [4.69, 9.17) is 0 Å². The number of fused-ring (bicyclic) bond motifs is 1. The Hall–Kier alpha value is 0.371. The largest absolute Gasteiger partial charge is 4.00 e. The Morgan fingerprint density at radius 3 is 2.32 bits per heavy atom. The molecular weight excluding hydrogens is 459 g/mol. The van der Waals surface area contributed by atoms with Crippen LogP contribution in [0, 0.1) is 25.7 Å². The Labute approximate surface area is 208 Å². The summed E-state index contributed by atoms with van der Waals surface area (Å²) in [5.74, 6) is 2.63. The zero-order valence-electron chi connectivity index (χ0n) is 17.6. The van der Waals surface area contributed by atoms with E-state index >= 15 is 0 Å². The van der Waals surface area contributed by atoms with Gasteiger partial charge in [-0.25, -0.2) is 17.6 Å². The summed E-state index contributed by atoms with van der Waals surface area (Å²) < 4.78 is 0. The van der Waals surface area contributed by atoms with Gasteiger partial charge in [0.25, 0.3) is 0 Å². The van der Waals surface area contributed by atoms with Crippen LogP contribution in [-0.4, -0.2) is 9.52 Å². The molecule has 0 N–H and O–H groups in total. The van der Waals surface area contributed by atoms with Crippen molar-refractivity contribution in [1.29, 1.82) is 0 Å². The van der Waals surface area contributed by atoms with Crippen LogP contribution >= 0.6 is 0 Å². The molecule has 5 heteroatoms. The molecule has 1 fully saturated rings. The van der Waals surface area contributed by atoms with Gasteiger partial charge in [-0.1, -0.05) is 85.5 Å². The molecule has 2 aliphatic rings. The quantitative estimate of drug-likeness (QED) is 0.219. The normalized spacial score (nSPS) is 22.5. The van der Waals surface area contributed by atoms with Gasteiger partial charge in [0.1, 0.15) is 0 Å². The molecule has 0 amide bonds. The molecule has 0 aromatic heterocycles. The molecule has 0 radical (unpaired) electrons. The predicted octanol–water partition coefficient (Wildman–Crippen LogP) is -3.65. The zero-order valence-corrected chi connectivity index (χ0v) is 22.9. The van der Waals surface area contributed by atoms with E-state index in [1.54, 1.807) is 10.8 Å². The maximum Gasteiger partial charge on any atom is 4.00 e. The van der Waals surface area contributed by atoms with E-state index in [1.807, 2.05) is 5.92 Å². The average Bonchev–Trinajstić information content (AvgIpc) is 2.78. The van der Waals surface area contributed by atoms with Gasteiger partial charge in [0.05, 0.1) is 0 Å². The minimum atomic E-state index is -0.316. The molecule has 154 valence electrons. The number of hydrogen-bond donors (Lipinski definition) is 0. The molecule has 1 saturated carbocycles. The van der Waals surface area contributed by atoms with Gasteiger partial charge in [0, 0.05) is 9.52 Å². The van der Waals surface area contributed by atoms with E-state index < -0.39 is 0 Å². The number of aryl methyl sites for hydroxylation is 2. The summed E-state index contributed by atoms with van der Waals surface area (Å²) in [4.78, 5) is 0. The van der Waals surface area contributed by atoms with Crippen molar-refractivity contribution >= 4 is 14.7 Å². The fraction of sp³-hybridized carbons (Fsp3) is 0.522. The van der Waals surface area contributed by atoms with Gasteiger partial charge in [-0.3, -0.25) is 0 Å². The number of hydrogen-bond acceptors (Lipinski definition) is 0. The second-order valence-electron chi connectivity index (χ2n) is 8.36. The van der Waals surface area contributed by atoms with E-state index in [1.165, 1.54) is 49.7 Å². The summed E-state index contributed by atoms with van der Waals surface area (Å²) in [5, 5.41) is 2.14. The van der Waals surface area contributed by atoms with Gasteiger partial charge in [0.2, 0.25) is 0 Å². The molecule has 2 aliphatic carbocycles. The Bertz CT molecular complexity index is 639. The van der Waals surface area contributed by atoms with Crippen LogP contribution in [0.3, 0.4) is 0 Å². The third-order valence-corrected chi connectivity index (χ3v) is 8.26. The van der Waals surface area contributed by atoms with E-state index in [-0.39, 0.29) is 68.5 Å². The molecule has 1 aromatic rings. The van der Waals surface area contributed by atoms with Crippen LogP contribution in [0.1, 0.15) is 63.5 Å². The summed E-state index contributed by atoms with van der Waals surface area (Å²) in [6.07, 6.45) is 15.2. The summed E-state index contributed by atoms with van der Waals surface area (Å²) in [6.45, 7) is 9.41. The SMILES string of the molecule is CCCCC[C-]1C2=CC=CCC2CC1(C)[SiH2]c1cc(C)cc(C)c1.[Cl-].[Cl-].[Cl-].[Ti+4]. The number of allylic oxidation sites excluding steroid dienone is 4. The fourth-order valence-electron chi connectivity index (χ4n) is 5.03. The number of rotatable bonds is 6. The van der Waals surface area contributed by atoms with Crippen molar-refractivity contribution in [2.24, 2.45) is 5.92 Å². The Balaban J connectivity index is 0. The molecule has 0 nitrogen and oxygen atoms in total. The molecule has 2 unspecified atom stereocenters. The summed E-state index contributed by atoms with van der Waals surface area (Å²) in [7, 11) is -0.316. The van der Waals surface area contributed by atoms with E-state index in [0.29, 0.717) is 5.04 Å². The number of unbranched alkanes of at least 4 members (excludes halogenated alkanes) is 2. The van der Waals surface area contributed by atoms with Crippen molar-refractivity contribution in [2.45, 2.75) is 71.3 Å². The molecule has 0 aliphatic heterocycles. The molecule has 0 heterocycles. The minimum absolute atomic E-state index is 0. The van der Waals surface area contributed by atoms with Crippen LogP contribution in [0.15, 0.2) is 42.0 Å². The van der Waals surface area contributed by atoms with Crippen molar-refractivity contribution in [1.82, 2.24) is 0 Å². The molecule has 2 atom stereocenters. The van der Waals surface area contributed by atoms with E-state index in [2.05, 4.69) is 64.1 Å². The van der Waals surface area contributed by atoms with Gasteiger partial charge < -0.3 is 37.2 Å². The van der Waals surface area contributed by atoms with Crippen LogP contribution in [0.2, 0.25) is 5.04 Å². The van der Waals surface area contributed by atoms with Gasteiger partial charge in [0.15, 0.2) is 0 Å². The van der Waals surface area contributed by atoms with Crippen molar-refractivity contribution in [3.63, 3.8) is 0 Å². The van der Waals surface area contributed by atoms with Crippen molar-refractivity contribution in [3.05, 3.63) is 59.0 Å². The van der Waals surface area contributed by atoms with Crippen molar-refractivity contribution in [3.8, 4) is 0 Å². The molecule has 28 heavy (non-hydrogen) atoms. The van der Waals surface area contributed by atoms with Gasteiger partial charge in [-0.2, -0.15) is 0 Å². The molecular formula is C23H33Cl3SiTi. The van der Waals surface area contributed by atoms with E-state index in [0.717, 1.165) is 5.92 Å². The second kappa shape index (κ2) is 13.6. The fourth-order valence-corrected chi connectivity index (χ4v) is 7.87. The van der Waals surface area contributed by atoms with Gasteiger partial charge in [-0.05, 0) is 26.2 Å². The van der Waals surface area contributed by atoms with Crippen LogP contribution in [0.5, 0.6) is 0 Å². The monoisotopic (exact) mass is 490 g/mol. The van der Waals surface area contributed by atoms with E-state index in [9.17, 15) is 0 Å². The Morgan fingerprint density at radius 1 is 1.07 bits per heavy atom. The maximum absolute atomic E-state index is 2.59. The standard InChI is InChI=1S/C23H33Si.3ClH.Ti/c1-5-6-7-12-22-21-11-9-8-10-19(21)16-23(22,4)24-20-14-17(2)13-18(3)15-20;;;;/h8-9,11,13-15,19H,5-7,10,12,16,24H2,1-4H3;3*1H;/q-1;;;;+4/p-3. The minimum Gasteiger partial charge on any atom is -1.00 e. The predicted molar refractivity (Wildman–Crippen MR) is 110 cm³/mol. The third-order valence-electron chi connectivity index (χ3n) is 5.95. The maximum atomic E-state index is 2.59. The Kier molecular flexibility index (Phi) is 14.9. The number of halogens is 3. The summed E-state index contributed by atoms with van der Waals surface area (Å²) >= 11 is 0. The van der Waals surface area contributed by atoms with Crippen LogP contribution < -0.4 is 42.4 Å². The smallest absolute Gasteiger partial charge is 1.00 e. The molecule has 0 saturated heterocycles. The zero-order chi connectivity index (χ0) is 17.2. The van der Waals surface area contributed by atoms with Crippen molar-refractivity contribution < 1.29 is 58.9 Å². The molecule has 0 spiro atoms. The van der Waals surface area contributed by atoms with Crippen LogP contribution in [0.4, 0.5) is 0 Å². The first-order chi connectivity index (χ1) is 11.5. The first kappa shape index (κ1) is 30.6. The molecule has 0 bridgehead atoms. The van der Waals surface area contributed by atoms with Crippen molar-refractivity contribution in [2.75, 3.05) is 0 Å². The van der Waals surface area contributed by atoms with Crippen LogP contribution in [0.25, 0.3) is 0 Å². The van der Waals surface area contributed by atoms with Crippen LogP contribution in [-0.2, 0) is 21.7 Å². The summed E-state index contributed by atoms with van der Waals surface area (Å²) in [5.41, 5.74) is 4.59. The first-order valence-electron chi connectivity index (χ1n) is 9.82. The second-order valence-corrected chi connectivity index (χ2v) is 11.1. The number of benzene rings is 1. The topological polar surface area (TPSA) is 0 Å². The molecule has 3 rings (SSSR count). The third kappa shape index (κ3) is 7.25. The molecule has 1 aromatic carbocycles. The van der Waals surface area contributed by atoms with Gasteiger partial charge >= 0.3 is 21.7 Å². The Morgan fingerprint density at radius 2 is 1.71 bits per heavy atom. The first-order valence-corrected chi connectivity index (χ1v) is 11.2. The average molecular weight is 492 g/mol. The van der Waals surface area contributed by atoms with Gasteiger partial charge in [-0.15, -0.1) is 12.2 Å². The summed E-state index contributed by atoms with van der Waals surface area (Å²) in [6, 6.07) is 7.23.